The van der Waals surface area contributed by atoms with Crippen molar-refractivity contribution >= 4 is 18.0 Å². The fraction of sp³-hybridized carbons (Fsp3) is 0.464. The van der Waals surface area contributed by atoms with Gasteiger partial charge in [-0.05, 0) is 47.9 Å². The number of ether oxygens (including phenoxy) is 1. The number of aliphatic carboxylic acids is 1. The SMILES string of the molecule is CCC(CC)(NC(=O)OCC1c2ccccc2-c2ccccc21)C(=O)N1CC(C)C(C)(C(=O)O)C1. The summed E-state index contributed by atoms with van der Waals surface area (Å²) in [5.74, 6) is -1.43. The van der Waals surface area contributed by atoms with Crippen LogP contribution >= 0.6 is 0 Å². The maximum absolute atomic E-state index is 13.6. The molecule has 0 saturated carbocycles. The zero-order valence-electron chi connectivity index (χ0n) is 20.8. The summed E-state index contributed by atoms with van der Waals surface area (Å²) in [5, 5.41) is 12.5. The van der Waals surface area contributed by atoms with Gasteiger partial charge in [0, 0.05) is 19.0 Å². The predicted octanol–water partition coefficient (Wildman–Crippen LogP) is 4.65. The van der Waals surface area contributed by atoms with E-state index in [1.54, 1.807) is 11.8 Å². The first-order valence-corrected chi connectivity index (χ1v) is 12.3. The number of carbonyl (C=O) groups excluding carboxylic acids is 2. The molecule has 2 atom stereocenters. The van der Waals surface area contributed by atoms with Gasteiger partial charge in [0.1, 0.15) is 12.1 Å². The van der Waals surface area contributed by atoms with Gasteiger partial charge in [0.2, 0.25) is 5.91 Å². The molecule has 0 bridgehead atoms. The minimum Gasteiger partial charge on any atom is -0.481 e. The van der Waals surface area contributed by atoms with Gasteiger partial charge >= 0.3 is 12.1 Å². The molecule has 1 heterocycles. The fourth-order valence-electron chi connectivity index (χ4n) is 5.50. The number of carbonyl (C=O) groups is 3. The number of fused-ring (bicyclic) bond motifs is 3. The Hall–Kier alpha value is -3.35. The third-order valence-corrected chi connectivity index (χ3v) is 8.18. The minimum atomic E-state index is -1.15. The van der Waals surface area contributed by atoms with Crippen LogP contribution in [0, 0.1) is 11.3 Å². The van der Waals surface area contributed by atoms with E-state index in [0.29, 0.717) is 19.4 Å². The zero-order valence-corrected chi connectivity index (χ0v) is 20.8. The molecule has 0 spiro atoms. The number of alkyl carbamates (subject to hydrolysis) is 1. The van der Waals surface area contributed by atoms with Gasteiger partial charge in [0.15, 0.2) is 0 Å². The number of rotatable bonds is 7. The molecular formula is C28H34N2O5. The van der Waals surface area contributed by atoms with E-state index in [4.69, 9.17) is 4.74 Å². The largest absolute Gasteiger partial charge is 0.481 e. The summed E-state index contributed by atoms with van der Waals surface area (Å²) in [7, 11) is 0. The lowest BCUT2D eigenvalue weighted by molar-refractivity contribution is -0.149. The van der Waals surface area contributed by atoms with Crippen molar-refractivity contribution in [3.8, 4) is 11.1 Å². The molecule has 1 aliphatic carbocycles. The van der Waals surface area contributed by atoms with Gasteiger partial charge in [-0.1, -0.05) is 69.3 Å². The highest BCUT2D eigenvalue weighted by molar-refractivity contribution is 5.91. The Labute approximate surface area is 206 Å². The van der Waals surface area contributed by atoms with Crippen molar-refractivity contribution in [3.63, 3.8) is 0 Å². The van der Waals surface area contributed by atoms with Crippen LogP contribution in [-0.2, 0) is 14.3 Å². The Morgan fingerprint density at radius 3 is 2.09 bits per heavy atom. The van der Waals surface area contributed by atoms with E-state index in [0.717, 1.165) is 22.3 Å². The predicted molar refractivity (Wildman–Crippen MR) is 133 cm³/mol. The summed E-state index contributed by atoms with van der Waals surface area (Å²) in [6.07, 6.45) is 0.111. The standard InChI is InChI=1S/C28H34N2O5/c1-5-28(6-2,24(31)30-15-18(3)27(4,17-30)25(32)33)29-26(34)35-16-23-21-13-9-7-11-19(21)20-12-8-10-14-22(20)23/h7-14,18,23H,5-6,15-17H2,1-4H3,(H,29,34)(H,32,33). The van der Waals surface area contributed by atoms with E-state index in [-0.39, 0.29) is 30.9 Å². The number of likely N-dealkylation sites (tertiary alicyclic amines) is 1. The Kier molecular flexibility index (Phi) is 6.62. The van der Waals surface area contributed by atoms with Crippen molar-refractivity contribution in [2.24, 2.45) is 11.3 Å². The van der Waals surface area contributed by atoms with Crippen LogP contribution in [0.15, 0.2) is 48.5 Å². The maximum atomic E-state index is 13.6. The van der Waals surface area contributed by atoms with Gasteiger partial charge < -0.3 is 20.1 Å². The number of benzene rings is 2. The fourth-order valence-corrected chi connectivity index (χ4v) is 5.50. The van der Waals surface area contributed by atoms with Gasteiger partial charge in [0.05, 0.1) is 5.41 Å². The molecule has 2 amide bonds. The van der Waals surface area contributed by atoms with Crippen molar-refractivity contribution in [3.05, 3.63) is 59.7 Å². The van der Waals surface area contributed by atoms with Crippen molar-refractivity contribution in [2.45, 2.75) is 52.0 Å². The van der Waals surface area contributed by atoms with Crippen LogP contribution in [0.3, 0.4) is 0 Å². The molecule has 1 fully saturated rings. The number of nitrogens with zero attached hydrogens (tertiary/aromatic N) is 1. The van der Waals surface area contributed by atoms with Crippen molar-refractivity contribution in [1.29, 1.82) is 0 Å². The lowest BCUT2D eigenvalue weighted by Crippen LogP contribution is -2.59. The number of hydrogen-bond donors (Lipinski definition) is 2. The van der Waals surface area contributed by atoms with E-state index in [1.807, 2.05) is 45.0 Å². The van der Waals surface area contributed by atoms with E-state index in [9.17, 15) is 19.5 Å². The summed E-state index contributed by atoms with van der Waals surface area (Å²) in [4.78, 5) is 40.0. The molecule has 4 rings (SSSR count). The zero-order chi connectivity index (χ0) is 25.4. The molecule has 1 aliphatic heterocycles. The highest BCUT2D eigenvalue weighted by Crippen LogP contribution is 2.44. The molecule has 2 aromatic rings. The van der Waals surface area contributed by atoms with Crippen LogP contribution in [0.4, 0.5) is 4.79 Å². The second-order valence-electron chi connectivity index (χ2n) is 10.0. The normalized spacial score (nSPS) is 21.4. The third kappa shape index (κ3) is 4.17. The highest BCUT2D eigenvalue weighted by atomic mass is 16.5. The van der Waals surface area contributed by atoms with Gasteiger partial charge in [-0.25, -0.2) is 4.79 Å². The molecule has 0 radical (unpaired) electrons. The van der Waals surface area contributed by atoms with Crippen molar-refractivity contribution in [2.75, 3.05) is 19.7 Å². The molecule has 7 nitrogen and oxygen atoms in total. The van der Waals surface area contributed by atoms with Crippen LogP contribution in [0.2, 0.25) is 0 Å². The Balaban J connectivity index is 1.47. The molecule has 186 valence electrons. The molecule has 1 saturated heterocycles. The summed E-state index contributed by atoms with van der Waals surface area (Å²) in [6.45, 7) is 7.84. The average molecular weight is 479 g/mol. The summed E-state index contributed by atoms with van der Waals surface area (Å²) < 4.78 is 5.70. The molecule has 35 heavy (non-hydrogen) atoms. The number of hydrogen-bond acceptors (Lipinski definition) is 4. The van der Waals surface area contributed by atoms with Crippen molar-refractivity contribution < 1.29 is 24.2 Å². The second kappa shape index (κ2) is 9.36. The summed E-state index contributed by atoms with van der Waals surface area (Å²) in [6, 6.07) is 16.2. The molecule has 0 aromatic heterocycles. The minimum absolute atomic E-state index is 0.0720. The van der Waals surface area contributed by atoms with Crippen LogP contribution in [-0.4, -0.2) is 53.2 Å². The van der Waals surface area contributed by atoms with E-state index >= 15 is 0 Å². The topological polar surface area (TPSA) is 95.9 Å². The third-order valence-electron chi connectivity index (χ3n) is 8.18. The number of nitrogens with one attached hydrogen (secondary N) is 1. The quantitative estimate of drug-likeness (QED) is 0.604. The lowest BCUT2D eigenvalue weighted by atomic mass is 9.81. The Morgan fingerprint density at radius 1 is 1.06 bits per heavy atom. The van der Waals surface area contributed by atoms with Crippen LogP contribution in [0.1, 0.15) is 57.6 Å². The molecule has 2 aromatic carbocycles. The van der Waals surface area contributed by atoms with Crippen LogP contribution in [0.25, 0.3) is 11.1 Å². The van der Waals surface area contributed by atoms with E-state index in [2.05, 4.69) is 29.6 Å². The monoisotopic (exact) mass is 478 g/mol. The second-order valence-corrected chi connectivity index (χ2v) is 10.0. The molecule has 7 heteroatoms. The number of amides is 2. The van der Waals surface area contributed by atoms with Gasteiger partial charge in [0.25, 0.3) is 0 Å². The first-order valence-electron chi connectivity index (χ1n) is 12.3. The Bertz CT molecular complexity index is 1100. The first kappa shape index (κ1) is 24.8. The lowest BCUT2D eigenvalue weighted by Gasteiger charge is -2.35. The number of carboxylic acid groups (broad SMARTS) is 1. The highest BCUT2D eigenvalue weighted by Gasteiger charge is 2.51. The summed E-state index contributed by atoms with van der Waals surface area (Å²) >= 11 is 0. The first-order chi connectivity index (χ1) is 16.7. The smallest absolute Gasteiger partial charge is 0.408 e. The Morgan fingerprint density at radius 2 is 1.60 bits per heavy atom. The van der Waals surface area contributed by atoms with Gasteiger partial charge in [-0.3, -0.25) is 9.59 Å². The van der Waals surface area contributed by atoms with E-state index in [1.165, 1.54) is 0 Å². The van der Waals surface area contributed by atoms with Crippen LogP contribution < -0.4 is 5.32 Å². The molecule has 2 aliphatic rings. The van der Waals surface area contributed by atoms with Gasteiger partial charge in [-0.2, -0.15) is 0 Å². The number of carboxylic acids is 1. The molecular weight excluding hydrogens is 444 g/mol. The van der Waals surface area contributed by atoms with Crippen molar-refractivity contribution in [1.82, 2.24) is 10.2 Å². The van der Waals surface area contributed by atoms with E-state index < -0.39 is 23.0 Å². The van der Waals surface area contributed by atoms with Gasteiger partial charge in [-0.15, -0.1) is 0 Å². The average Bonchev–Trinajstić information content (AvgIpc) is 3.35. The van der Waals surface area contributed by atoms with Crippen LogP contribution in [0.5, 0.6) is 0 Å². The molecule has 2 unspecified atom stereocenters. The molecule has 2 N–H and O–H groups in total. The maximum Gasteiger partial charge on any atom is 0.408 e. The summed E-state index contributed by atoms with van der Waals surface area (Å²) in [5.41, 5.74) is 2.38.